The van der Waals surface area contributed by atoms with Gasteiger partial charge in [0.2, 0.25) is 0 Å². The Morgan fingerprint density at radius 2 is 1.80 bits per heavy atom. The van der Waals surface area contributed by atoms with Crippen molar-refractivity contribution >= 4 is 27.2 Å². The second kappa shape index (κ2) is 5.77. The van der Waals surface area contributed by atoms with E-state index in [9.17, 15) is 13.2 Å². The highest BCUT2D eigenvalue weighted by Crippen LogP contribution is 2.19. The van der Waals surface area contributed by atoms with Crippen molar-refractivity contribution in [2.24, 2.45) is 0 Å². The second-order valence-corrected chi connectivity index (χ2v) is 6.88. The molecule has 0 saturated carbocycles. The van der Waals surface area contributed by atoms with Gasteiger partial charge in [0.15, 0.2) is 15.6 Å². The minimum Gasteiger partial charge on any atom is -0.293 e. The molecule has 0 aliphatic rings. The first-order chi connectivity index (χ1) is 9.40. The Morgan fingerprint density at radius 3 is 2.45 bits per heavy atom. The van der Waals surface area contributed by atoms with Crippen LogP contribution < -0.4 is 0 Å². The van der Waals surface area contributed by atoms with Crippen LogP contribution in [0.15, 0.2) is 53.4 Å². The number of hydrogen-bond acceptors (Lipinski definition) is 3. The van der Waals surface area contributed by atoms with Crippen LogP contribution in [0.5, 0.6) is 0 Å². The predicted molar refractivity (Wildman–Crippen MR) is 79.0 cm³/mol. The smallest absolute Gasteiger partial charge is 0.185 e. The first-order valence-electron chi connectivity index (χ1n) is 5.97. The molecule has 0 aromatic heterocycles. The van der Waals surface area contributed by atoms with Gasteiger partial charge in [-0.2, -0.15) is 0 Å². The SMILES string of the molecule is Cc1cccc(S(=O)(=O)CC(=O)c2ccccc2Cl)c1. The molecule has 0 saturated heterocycles. The van der Waals surface area contributed by atoms with E-state index in [1.165, 1.54) is 12.1 Å². The number of Topliss-reactive ketones (excluding diaryl/α,β-unsaturated/α-hetero) is 1. The van der Waals surface area contributed by atoms with Gasteiger partial charge in [-0.1, -0.05) is 35.9 Å². The van der Waals surface area contributed by atoms with Crippen LogP contribution in [0.2, 0.25) is 5.02 Å². The van der Waals surface area contributed by atoms with E-state index < -0.39 is 21.4 Å². The molecule has 0 bridgehead atoms. The summed E-state index contributed by atoms with van der Waals surface area (Å²) in [4.78, 5) is 12.2. The molecule has 3 nitrogen and oxygen atoms in total. The fourth-order valence-corrected chi connectivity index (χ4v) is 3.39. The number of hydrogen-bond donors (Lipinski definition) is 0. The van der Waals surface area contributed by atoms with Gasteiger partial charge in [0.25, 0.3) is 0 Å². The first kappa shape index (κ1) is 14.8. The Morgan fingerprint density at radius 1 is 1.10 bits per heavy atom. The van der Waals surface area contributed by atoms with Gasteiger partial charge in [0, 0.05) is 5.56 Å². The molecule has 0 spiro atoms. The number of benzene rings is 2. The normalized spacial score (nSPS) is 11.3. The van der Waals surface area contributed by atoms with E-state index in [1.807, 2.05) is 0 Å². The lowest BCUT2D eigenvalue weighted by Gasteiger charge is -2.06. The standard InChI is InChI=1S/C15H13ClO3S/c1-11-5-4-6-12(9-11)20(18,19)10-15(17)13-7-2-3-8-14(13)16/h2-9H,10H2,1H3. The maximum absolute atomic E-state index is 12.2. The Labute approximate surface area is 123 Å². The topological polar surface area (TPSA) is 51.2 Å². The van der Waals surface area contributed by atoms with Gasteiger partial charge in [0.05, 0.1) is 9.92 Å². The molecule has 0 amide bonds. The zero-order valence-electron chi connectivity index (χ0n) is 10.8. The Balaban J connectivity index is 2.30. The molecule has 0 aliphatic heterocycles. The fraction of sp³-hybridized carbons (Fsp3) is 0.133. The molecule has 2 rings (SSSR count). The summed E-state index contributed by atoms with van der Waals surface area (Å²) in [6.45, 7) is 1.80. The molecule has 0 N–H and O–H groups in total. The summed E-state index contributed by atoms with van der Waals surface area (Å²) in [5, 5.41) is 0.261. The summed E-state index contributed by atoms with van der Waals surface area (Å²) in [6, 6.07) is 12.9. The van der Waals surface area contributed by atoms with E-state index in [1.54, 1.807) is 43.3 Å². The quantitative estimate of drug-likeness (QED) is 0.814. The lowest BCUT2D eigenvalue weighted by atomic mass is 10.1. The van der Waals surface area contributed by atoms with Crippen LogP contribution in [0.1, 0.15) is 15.9 Å². The summed E-state index contributed by atoms with van der Waals surface area (Å²) in [6.07, 6.45) is 0. The molecule has 0 fully saturated rings. The highest BCUT2D eigenvalue weighted by atomic mass is 35.5. The van der Waals surface area contributed by atoms with Gasteiger partial charge in [-0.05, 0) is 36.8 Å². The highest BCUT2D eigenvalue weighted by molar-refractivity contribution is 7.92. The number of rotatable bonds is 4. The van der Waals surface area contributed by atoms with E-state index in [0.29, 0.717) is 0 Å². The molecular weight excluding hydrogens is 296 g/mol. The summed E-state index contributed by atoms with van der Waals surface area (Å²) in [7, 11) is -3.66. The number of ketones is 1. The molecular formula is C15H13ClO3S. The van der Waals surface area contributed by atoms with E-state index in [-0.39, 0.29) is 15.5 Å². The molecule has 0 unspecified atom stereocenters. The molecule has 5 heteroatoms. The maximum atomic E-state index is 12.2. The molecule has 104 valence electrons. The van der Waals surface area contributed by atoms with Crippen molar-refractivity contribution < 1.29 is 13.2 Å². The molecule has 0 heterocycles. The van der Waals surface area contributed by atoms with Crippen LogP contribution in [-0.4, -0.2) is 20.0 Å². The summed E-state index contributed by atoms with van der Waals surface area (Å²) >= 11 is 5.90. The van der Waals surface area contributed by atoms with Gasteiger partial charge in [0.1, 0.15) is 5.75 Å². The van der Waals surface area contributed by atoms with Gasteiger partial charge in [-0.15, -0.1) is 0 Å². The Bertz CT molecular complexity index is 751. The monoisotopic (exact) mass is 308 g/mol. The lowest BCUT2D eigenvalue weighted by molar-refractivity contribution is 0.102. The van der Waals surface area contributed by atoms with E-state index >= 15 is 0 Å². The summed E-state index contributed by atoms with van der Waals surface area (Å²) in [5.74, 6) is -1.09. The van der Waals surface area contributed by atoms with Crippen molar-refractivity contribution in [1.29, 1.82) is 0 Å². The van der Waals surface area contributed by atoms with E-state index in [0.717, 1.165) is 5.56 Å². The average Bonchev–Trinajstić information content (AvgIpc) is 2.38. The zero-order valence-corrected chi connectivity index (χ0v) is 12.4. The van der Waals surface area contributed by atoms with Crippen LogP contribution in [0, 0.1) is 6.92 Å². The Kier molecular flexibility index (Phi) is 4.26. The largest absolute Gasteiger partial charge is 0.293 e. The summed E-state index contributed by atoms with van der Waals surface area (Å²) < 4.78 is 24.4. The highest BCUT2D eigenvalue weighted by Gasteiger charge is 2.21. The van der Waals surface area contributed by atoms with Crippen molar-refractivity contribution in [3.63, 3.8) is 0 Å². The number of carbonyl (C=O) groups is 1. The number of carbonyl (C=O) groups excluding carboxylic acids is 1. The second-order valence-electron chi connectivity index (χ2n) is 4.48. The molecule has 2 aromatic carbocycles. The molecule has 0 aliphatic carbocycles. The molecule has 20 heavy (non-hydrogen) atoms. The number of sulfone groups is 1. The number of halogens is 1. The minimum absolute atomic E-state index is 0.151. The van der Waals surface area contributed by atoms with Gasteiger partial charge in [-0.25, -0.2) is 8.42 Å². The summed E-state index contributed by atoms with van der Waals surface area (Å²) in [5.41, 5.74) is 1.06. The maximum Gasteiger partial charge on any atom is 0.185 e. The van der Waals surface area contributed by atoms with Gasteiger partial charge in [-0.3, -0.25) is 4.79 Å². The predicted octanol–water partition coefficient (Wildman–Crippen LogP) is 3.31. The van der Waals surface area contributed by atoms with Crippen LogP contribution in [-0.2, 0) is 9.84 Å². The number of aryl methyl sites for hydroxylation is 1. The van der Waals surface area contributed by atoms with E-state index in [2.05, 4.69) is 0 Å². The van der Waals surface area contributed by atoms with Gasteiger partial charge >= 0.3 is 0 Å². The fourth-order valence-electron chi connectivity index (χ4n) is 1.83. The average molecular weight is 309 g/mol. The van der Waals surface area contributed by atoms with Crippen LogP contribution >= 0.6 is 11.6 Å². The van der Waals surface area contributed by atoms with Crippen LogP contribution in [0.25, 0.3) is 0 Å². The zero-order chi connectivity index (χ0) is 14.8. The third kappa shape index (κ3) is 3.26. The first-order valence-corrected chi connectivity index (χ1v) is 8.00. The molecule has 0 radical (unpaired) electrons. The van der Waals surface area contributed by atoms with Crippen molar-refractivity contribution in [3.8, 4) is 0 Å². The van der Waals surface area contributed by atoms with Crippen molar-refractivity contribution in [1.82, 2.24) is 0 Å². The van der Waals surface area contributed by atoms with Gasteiger partial charge < -0.3 is 0 Å². The lowest BCUT2D eigenvalue weighted by Crippen LogP contribution is -2.16. The minimum atomic E-state index is -3.66. The third-order valence-electron chi connectivity index (χ3n) is 2.84. The van der Waals surface area contributed by atoms with E-state index in [4.69, 9.17) is 11.6 Å². The molecule has 0 atom stereocenters. The van der Waals surface area contributed by atoms with Crippen LogP contribution in [0.3, 0.4) is 0 Å². The van der Waals surface area contributed by atoms with Crippen molar-refractivity contribution in [2.75, 3.05) is 5.75 Å². The third-order valence-corrected chi connectivity index (χ3v) is 4.79. The van der Waals surface area contributed by atoms with Crippen molar-refractivity contribution in [2.45, 2.75) is 11.8 Å². The molecule has 2 aromatic rings. The Hall–Kier alpha value is -1.65. The van der Waals surface area contributed by atoms with Crippen LogP contribution in [0.4, 0.5) is 0 Å². The van der Waals surface area contributed by atoms with Crippen molar-refractivity contribution in [3.05, 3.63) is 64.7 Å².